The monoisotopic (exact) mass is 514 g/mol. The molecular formula is C23H20F2N6O4S. The summed E-state index contributed by atoms with van der Waals surface area (Å²) in [5, 5.41) is 11.0. The molecule has 0 atom stereocenters. The van der Waals surface area contributed by atoms with Crippen LogP contribution in [0.2, 0.25) is 0 Å². The van der Waals surface area contributed by atoms with Crippen molar-refractivity contribution in [2.45, 2.75) is 27.1 Å². The van der Waals surface area contributed by atoms with Crippen molar-refractivity contribution in [2.24, 2.45) is 0 Å². The van der Waals surface area contributed by atoms with Crippen molar-refractivity contribution in [3.05, 3.63) is 65.5 Å². The molecule has 0 saturated heterocycles. The molecule has 0 bridgehead atoms. The molecule has 36 heavy (non-hydrogen) atoms. The molecule has 4 rings (SSSR count). The number of nitrogens with one attached hydrogen (secondary N) is 1. The average Bonchev–Trinajstić information content (AvgIpc) is 3.30. The Morgan fingerprint density at radius 2 is 1.78 bits per heavy atom. The van der Waals surface area contributed by atoms with Crippen LogP contribution in [0.3, 0.4) is 0 Å². The van der Waals surface area contributed by atoms with Crippen molar-refractivity contribution in [3.63, 3.8) is 0 Å². The van der Waals surface area contributed by atoms with Crippen LogP contribution < -0.4 is 19.5 Å². The molecule has 13 heteroatoms. The highest BCUT2D eigenvalue weighted by Crippen LogP contribution is 2.33. The summed E-state index contributed by atoms with van der Waals surface area (Å²) in [5.74, 6) is 0.0291. The van der Waals surface area contributed by atoms with Gasteiger partial charge < -0.3 is 14.2 Å². The van der Waals surface area contributed by atoms with Gasteiger partial charge in [0.05, 0.1) is 30.8 Å². The molecule has 4 aromatic heterocycles. The van der Waals surface area contributed by atoms with Crippen molar-refractivity contribution in [1.82, 2.24) is 25.1 Å². The lowest BCUT2D eigenvalue weighted by atomic mass is 9.99. The number of hydrogen-bond acceptors (Lipinski definition) is 10. The lowest BCUT2D eigenvalue weighted by molar-refractivity contribution is -0.0501. The molecule has 0 unspecified atom stereocenters. The number of rotatable bonds is 9. The van der Waals surface area contributed by atoms with Gasteiger partial charge in [0.15, 0.2) is 0 Å². The minimum atomic E-state index is -2.92. The van der Waals surface area contributed by atoms with Gasteiger partial charge in [0.1, 0.15) is 18.1 Å². The Morgan fingerprint density at radius 1 is 1.03 bits per heavy atom. The number of nitrogens with zero attached hydrogens (tertiary/aromatic N) is 5. The van der Waals surface area contributed by atoms with Crippen LogP contribution in [0.15, 0.2) is 42.9 Å². The van der Waals surface area contributed by atoms with Gasteiger partial charge >= 0.3 is 6.61 Å². The average molecular weight is 515 g/mol. The van der Waals surface area contributed by atoms with Gasteiger partial charge in [0.2, 0.25) is 5.13 Å². The standard InChI is InChI=1S/C23H20F2N6O4S/c1-12-6-16(17-7-13(2)27-10-19(17)33-3)18(9-26-12)20(32)29-22-30-31-23(36-22)34-11-14-4-5-15(8-28-14)35-21(24)25/h4-10,21H,11H2,1-3H3,(H,29,30,32). The molecule has 186 valence electrons. The van der Waals surface area contributed by atoms with Gasteiger partial charge in [0, 0.05) is 28.7 Å². The molecule has 0 saturated carbocycles. The second-order valence-electron chi connectivity index (χ2n) is 7.38. The third-order valence-corrected chi connectivity index (χ3v) is 5.54. The van der Waals surface area contributed by atoms with E-state index >= 15 is 0 Å². The fraction of sp³-hybridized carbons (Fsp3) is 0.217. The van der Waals surface area contributed by atoms with Crippen molar-refractivity contribution in [1.29, 1.82) is 0 Å². The van der Waals surface area contributed by atoms with Gasteiger partial charge in [-0.1, -0.05) is 5.10 Å². The molecule has 0 spiro atoms. The SMILES string of the molecule is COc1cnc(C)cc1-c1cc(C)ncc1C(=O)Nc1nnc(OCc2ccc(OC(F)F)cn2)s1. The topological polar surface area (TPSA) is 121 Å². The summed E-state index contributed by atoms with van der Waals surface area (Å²) in [5.41, 5.74) is 3.62. The normalized spacial score (nSPS) is 10.8. The molecule has 1 N–H and O–H groups in total. The Balaban J connectivity index is 1.46. The number of methoxy groups -OCH3 is 1. The summed E-state index contributed by atoms with van der Waals surface area (Å²) in [6, 6.07) is 6.48. The van der Waals surface area contributed by atoms with Crippen LogP contribution in [0.1, 0.15) is 27.4 Å². The Labute approximate surface area is 208 Å². The Kier molecular flexibility index (Phi) is 7.59. The van der Waals surface area contributed by atoms with Crippen molar-refractivity contribution in [2.75, 3.05) is 12.4 Å². The molecule has 0 aliphatic rings. The van der Waals surface area contributed by atoms with E-state index in [2.05, 4.69) is 35.2 Å². The maximum absolute atomic E-state index is 13.1. The van der Waals surface area contributed by atoms with Gasteiger partial charge in [-0.15, -0.1) is 5.10 Å². The molecule has 1 amide bonds. The van der Waals surface area contributed by atoms with Crippen molar-refractivity contribution >= 4 is 22.4 Å². The van der Waals surface area contributed by atoms with E-state index in [1.807, 2.05) is 19.9 Å². The van der Waals surface area contributed by atoms with E-state index in [1.54, 1.807) is 12.3 Å². The molecule has 4 heterocycles. The van der Waals surface area contributed by atoms with Crippen LogP contribution in [0.25, 0.3) is 11.1 Å². The van der Waals surface area contributed by atoms with Gasteiger partial charge in [0.25, 0.3) is 11.1 Å². The van der Waals surface area contributed by atoms with E-state index in [4.69, 9.17) is 9.47 Å². The van der Waals surface area contributed by atoms with Crippen molar-refractivity contribution in [3.8, 4) is 27.8 Å². The summed E-state index contributed by atoms with van der Waals surface area (Å²) < 4.78 is 39.7. The van der Waals surface area contributed by atoms with E-state index < -0.39 is 12.5 Å². The molecule has 0 aromatic carbocycles. The number of ether oxygens (including phenoxy) is 3. The second kappa shape index (κ2) is 11.0. The smallest absolute Gasteiger partial charge is 0.387 e. The van der Waals surface area contributed by atoms with Crippen molar-refractivity contribution < 1.29 is 27.8 Å². The molecule has 0 aliphatic heterocycles. The van der Waals surface area contributed by atoms with E-state index in [1.165, 1.54) is 31.6 Å². The first-order chi connectivity index (χ1) is 17.3. The van der Waals surface area contributed by atoms with Crippen LogP contribution in [0, 0.1) is 13.8 Å². The van der Waals surface area contributed by atoms with E-state index in [0.717, 1.165) is 22.7 Å². The zero-order chi connectivity index (χ0) is 25.7. The van der Waals surface area contributed by atoms with Crippen LogP contribution in [-0.2, 0) is 6.61 Å². The predicted octanol–water partition coefficient (Wildman–Crippen LogP) is 4.45. The second-order valence-corrected chi connectivity index (χ2v) is 8.32. The van der Waals surface area contributed by atoms with Crippen LogP contribution in [0.5, 0.6) is 16.7 Å². The number of hydrogen-bond donors (Lipinski definition) is 1. The minimum Gasteiger partial charge on any atom is -0.494 e. The molecule has 0 aliphatic carbocycles. The maximum Gasteiger partial charge on any atom is 0.387 e. The molecular weight excluding hydrogens is 494 g/mol. The fourth-order valence-corrected chi connectivity index (χ4v) is 3.76. The largest absolute Gasteiger partial charge is 0.494 e. The molecule has 10 nitrogen and oxygen atoms in total. The van der Waals surface area contributed by atoms with Gasteiger partial charge in [-0.3, -0.25) is 25.1 Å². The molecule has 0 fully saturated rings. The zero-order valence-electron chi connectivity index (χ0n) is 19.4. The van der Waals surface area contributed by atoms with E-state index in [9.17, 15) is 13.6 Å². The van der Waals surface area contributed by atoms with Crippen LogP contribution in [-0.4, -0.2) is 44.8 Å². The lowest BCUT2D eigenvalue weighted by Gasteiger charge is -2.13. The Morgan fingerprint density at radius 3 is 2.47 bits per heavy atom. The quantitative estimate of drug-likeness (QED) is 0.345. The maximum atomic E-state index is 13.1. The number of aromatic nitrogens is 5. The van der Waals surface area contributed by atoms with Crippen LogP contribution >= 0.6 is 11.3 Å². The highest BCUT2D eigenvalue weighted by Gasteiger charge is 2.19. The molecule has 0 radical (unpaired) electrons. The number of halogens is 2. The number of pyridine rings is 3. The summed E-state index contributed by atoms with van der Waals surface area (Å²) in [4.78, 5) is 25.6. The summed E-state index contributed by atoms with van der Waals surface area (Å²) in [6.07, 6.45) is 4.26. The first kappa shape index (κ1) is 24.9. The number of anilines is 1. The number of aryl methyl sites for hydroxylation is 2. The van der Waals surface area contributed by atoms with Gasteiger partial charge in [-0.2, -0.15) is 8.78 Å². The Hall–Kier alpha value is -4.26. The third kappa shape index (κ3) is 6.05. The van der Waals surface area contributed by atoms with E-state index in [-0.39, 0.29) is 22.7 Å². The Bertz CT molecular complexity index is 1370. The highest BCUT2D eigenvalue weighted by atomic mass is 32.1. The first-order valence-electron chi connectivity index (χ1n) is 10.5. The lowest BCUT2D eigenvalue weighted by Crippen LogP contribution is -2.14. The minimum absolute atomic E-state index is 0.0186. The van der Waals surface area contributed by atoms with Crippen LogP contribution in [0.4, 0.5) is 13.9 Å². The number of alkyl halides is 2. The predicted molar refractivity (Wildman–Crippen MR) is 127 cm³/mol. The number of carbonyl (C=O) groups is 1. The molecule has 4 aromatic rings. The summed E-state index contributed by atoms with van der Waals surface area (Å²) in [6.45, 7) is 0.770. The van der Waals surface area contributed by atoms with Gasteiger partial charge in [-0.05, 0) is 49.4 Å². The number of amides is 1. The first-order valence-corrected chi connectivity index (χ1v) is 11.3. The summed E-state index contributed by atoms with van der Waals surface area (Å²) in [7, 11) is 1.54. The summed E-state index contributed by atoms with van der Waals surface area (Å²) >= 11 is 1.02. The number of carbonyl (C=O) groups excluding carboxylic acids is 1. The zero-order valence-corrected chi connectivity index (χ0v) is 20.2. The van der Waals surface area contributed by atoms with E-state index in [0.29, 0.717) is 28.1 Å². The third-order valence-electron chi connectivity index (χ3n) is 4.79. The van der Waals surface area contributed by atoms with Gasteiger partial charge in [-0.25, -0.2) is 0 Å². The fourth-order valence-electron chi connectivity index (χ4n) is 3.17. The highest BCUT2D eigenvalue weighted by molar-refractivity contribution is 7.17.